The molecule has 0 aliphatic heterocycles. The first-order valence-corrected chi connectivity index (χ1v) is 5.56. The summed E-state index contributed by atoms with van der Waals surface area (Å²) in [5.41, 5.74) is 0.479. The molecule has 0 unspecified atom stereocenters. The lowest BCUT2D eigenvalue weighted by Crippen LogP contribution is -2.20. The van der Waals surface area contributed by atoms with Gasteiger partial charge in [0.25, 0.3) is 0 Å². The van der Waals surface area contributed by atoms with Crippen molar-refractivity contribution in [2.45, 2.75) is 19.3 Å². The predicted molar refractivity (Wildman–Crippen MR) is 61.3 cm³/mol. The summed E-state index contributed by atoms with van der Waals surface area (Å²) in [6, 6.07) is 6.09. The molecule has 102 valence electrons. The van der Waals surface area contributed by atoms with Crippen LogP contribution in [-0.2, 0) is 11.3 Å². The molecule has 0 spiro atoms. The fraction of sp³-hybridized carbons (Fsp3) is 0.500. The molecule has 0 aliphatic carbocycles. The average Bonchev–Trinajstić information content (AvgIpc) is 2.29. The highest BCUT2D eigenvalue weighted by Gasteiger charge is 2.31. The predicted octanol–water partition coefficient (Wildman–Crippen LogP) is 2.71. The Hall–Kier alpha value is -1.27. The van der Waals surface area contributed by atoms with Crippen molar-refractivity contribution in [3.8, 4) is 5.75 Å². The molecule has 3 nitrogen and oxygen atoms in total. The second kappa shape index (κ2) is 7.23. The maximum Gasteiger partial charge on any atom is 0.573 e. The number of hydrogen-bond donors (Lipinski definition) is 1. The van der Waals surface area contributed by atoms with Crippen LogP contribution in [0, 0.1) is 0 Å². The molecular weight excluding hydrogens is 247 g/mol. The molecule has 6 heteroatoms. The first-order chi connectivity index (χ1) is 8.53. The molecule has 1 aromatic carbocycles. The summed E-state index contributed by atoms with van der Waals surface area (Å²) in [6.07, 6.45) is -3.86. The van der Waals surface area contributed by atoms with Gasteiger partial charge in [-0.15, -0.1) is 13.2 Å². The molecule has 0 aliphatic rings. The van der Waals surface area contributed by atoms with Crippen LogP contribution in [0.3, 0.4) is 0 Å². The topological polar surface area (TPSA) is 30.5 Å². The summed E-state index contributed by atoms with van der Waals surface area (Å²) in [5, 5.41) is 3.04. The van der Waals surface area contributed by atoms with Crippen LogP contribution in [0.5, 0.6) is 5.75 Å². The Balaban J connectivity index is 2.49. The zero-order valence-corrected chi connectivity index (χ0v) is 10.1. The highest BCUT2D eigenvalue weighted by molar-refractivity contribution is 5.33. The lowest BCUT2D eigenvalue weighted by Gasteiger charge is -2.13. The van der Waals surface area contributed by atoms with Crippen LogP contribution in [-0.4, -0.2) is 26.6 Å². The average molecular weight is 263 g/mol. The van der Waals surface area contributed by atoms with Crippen LogP contribution >= 0.6 is 0 Å². The summed E-state index contributed by atoms with van der Waals surface area (Å²) < 4.78 is 45.3. The second-order valence-electron chi connectivity index (χ2n) is 3.68. The largest absolute Gasteiger partial charge is 0.573 e. The Morgan fingerprint density at radius 1 is 1.22 bits per heavy atom. The molecule has 0 aromatic heterocycles. The third-order valence-corrected chi connectivity index (χ3v) is 2.22. The van der Waals surface area contributed by atoms with Crippen molar-refractivity contribution in [1.82, 2.24) is 5.32 Å². The van der Waals surface area contributed by atoms with Crippen LogP contribution in [0.25, 0.3) is 0 Å². The maximum atomic E-state index is 12.2. The van der Waals surface area contributed by atoms with E-state index < -0.39 is 6.36 Å². The molecule has 0 atom stereocenters. The normalized spacial score (nSPS) is 11.6. The summed E-state index contributed by atoms with van der Waals surface area (Å²) in [7, 11) is 1.60. The van der Waals surface area contributed by atoms with Gasteiger partial charge in [0, 0.05) is 25.8 Å². The minimum atomic E-state index is -4.66. The molecule has 0 radical (unpaired) electrons. The molecule has 0 saturated carbocycles. The van der Waals surface area contributed by atoms with Crippen molar-refractivity contribution in [2.24, 2.45) is 0 Å². The molecular formula is C12H16F3NO2. The van der Waals surface area contributed by atoms with Crippen molar-refractivity contribution in [3.63, 3.8) is 0 Å². The van der Waals surface area contributed by atoms with Crippen LogP contribution in [0.2, 0.25) is 0 Å². The highest BCUT2D eigenvalue weighted by Crippen LogP contribution is 2.25. The van der Waals surface area contributed by atoms with E-state index in [-0.39, 0.29) is 5.75 Å². The number of nitrogens with one attached hydrogen (secondary N) is 1. The molecule has 18 heavy (non-hydrogen) atoms. The van der Waals surface area contributed by atoms with Gasteiger partial charge in [-0.1, -0.05) is 18.2 Å². The smallest absolute Gasteiger partial charge is 0.405 e. The van der Waals surface area contributed by atoms with Crippen LogP contribution < -0.4 is 10.1 Å². The fourth-order valence-electron chi connectivity index (χ4n) is 1.44. The molecule has 1 aromatic rings. The highest BCUT2D eigenvalue weighted by atomic mass is 19.4. The number of methoxy groups -OCH3 is 1. The van der Waals surface area contributed by atoms with Crippen molar-refractivity contribution in [3.05, 3.63) is 29.8 Å². The first-order valence-electron chi connectivity index (χ1n) is 5.56. The van der Waals surface area contributed by atoms with Crippen molar-refractivity contribution in [2.75, 3.05) is 20.3 Å². The van der Waals surface area contributed by atoms with Gasteiger partial charge in [0.15, 0.2) is 0 Å². The van der Waals surface area contributed by atoms with E-state index in [1.165, 1.54) is 12.1 Å². The molecule has 0 fully saturated rings. The number of alkyl halides is 3. The standard InChI is InChI=1S/C12H16F3NO2/c1-17-8-4-7-16-9-10-5-2-3-6-11(10)18-12(13,14)15/h2-3,5-6,16H,4,7-9H2,1H3. The van der Waals surface area contributed by atoms with E-state index >= 15 is 0 Å². The molecule has 0 amide bonds. The quantitative estimate of drug-likeness (QED) is 0.767. The lowest BCUT2D eigenvalue weighted by atomic mass is 10.2. The number of benzene rings is 1. The third-order valence-electron chi connectivity index (χ3n) is 2.22. The third kappa shape index (κ3) is 5.88. The molecule has 1 rings (SSSR count). The maximum absolute atomic E-state index is 12.2. The van der Waals surface area contributed by atoms with E-state index in [2.05, 4.69) is 10.1 Å². The minimum absolute atomic E-state index is 0.163. The van der Waals surface area contributed by atoms with Gasteiger partial charge < -0.3 is 14.8 Å². The van der Waals surface area contributed by atoms with E-state index in [0.717, 1.165) is 6.42 Å². The first kappa shape index (κ1) is 14.8. The summed E-state index contributed by atoms with van der Waals surface area (Å²) in [5.74, 6) is -0.163. The number of hydrogen-bond acceptors (Lipinski definition) is 3. The summed E-state index contributed by atoms with van der Waals surface area (Å²) in [6.45, 7) is 1.62. The number of ether oxygens (including phenoxy) is 2. The number of halogens is 3. The van der Waals surface area contributed by atoms with Gasteiger partial charge in [0.1, 0.15) is 5.75 Å². The number of rotatable bonds is 7. The van der Waals surface area contributed by atoms with E-state index in [4.69, 9.17) is 4.74 Å². The Kier molecular flexibility index (Phi) is 5.94. The van der Waals surface area contributed by atoms with Crippen molar-refractivity contribution >= 4 is 0 Å². The van der Waals surface area contributed by atoms with Crippen molar-refractivity contribution < 1.29 is 22.6 Å². The monoisotopic (exact) mass is 263 g/mol. The van der Waals surface area contributed by atoms with Crippen molar-refractivity contribution in [1.29, 1.82) is 0 Å². The zero-order valence-electron chi connectivity index (χ0n) is 10.1. The van der Waals surface area contributed by atoms with Gasteiger partial charge in [-0.2, -0.15) is 0 Å². The van der Waals surface area contributed by atoms with E-state index in [0.29, 0.717) is 25.3 Å². The zero-order chi connectivity index (χ0) is 13.4. The van der Waals surface area contributed by atoms with Gasteiger partial charge in [0.2, 0.25) is 0 Å². The van der Waals surface area contributed by atoms with Gasteiger partial charge in [0.05, 0.1) is 0 Å². The fourth-order valence-corrected chi connectivity index (χ4v) is 1.44. The number of para-hydroxylation sites is 1. The Labute approximate surface area is 104 Å². The SMILES string of the molecule is COCCCNCc1ccccc1OC(F)(F)F. The van der Waals surface area contributed by atoms with Gasteiger partial charge >= 0.3 is 6.36 Å². The Bertz CT molecular complexity index is 355. The van der Waals surface area contributed by atoms with Gasteiger partial charge in [-0.3, -0.25) is 0 Å². The van der Waals surface area contributed by atoms with Crippen LogP contribution in [0.4, 0.5) is 13.2 Å². The molecule has 1 N–H and O–H groups in total. The molecule has 0 bridgehead atoms. The van der Waals surface area contributed by atoms with E-state index in [1.54, 1.807) is 19.2 Å². The van der Waals surface area contributed by atoms with Crippen LogP contribution in [0.15, 0.2) is 24.3 Å². The Morgan fingerprint density at radius 2 is 1.94 bits per heavy atom. The Morgan fingerprint density at radius 3 is 2.61 bits per heavy atom. The van der Waals surface area contributed by atoms with Gasteiger partial charge in [-0.05, 0) is 19.0 Å². The van der Waals surface area contributed by atoms with E-state index in [1.807, 2.05) is 0 Å². The van der Waals surface area contributed by atoms with E-state index in [9.17, 15) is 13.2 Å². The molecule has 0 heterocycles. The second-order valence-corrected chi connectivity index (χ2v) is 3.68. The lowest BCUT2D eigenvalue weighted by molar-refractivity contribution is -0.274. The van der Waals surface area contributed by atoms with Gasteiger partial charge in [-0.25, -0.2) is 0 Å². The summed E-state index contributed by atoms with van der Waals surface area (Å²) in [4.78, 5) is 0. The summed E-state index contributed by atoms with van der Waals surface area (Å²) >= 11 is 0. The molecule has 0 saturated heterocycles. The minimum Gasteiger partial charge on any atom is -0.405 e. The van der Waals surface area contributed by atoms with Crippen LogP contribution in [0.1, 0.15) is 12.0 Å².